The molecule has 1 aliphatic rings. The summed E-state index contributed by atoms with van der Waals surface area (Å²) >= 11 is 0. The Labute approximate surface area is 86.1 Å². The van der Waals surface area contributed by atoms with Crippen LogP contribution in [0.2, 0.25) is 0 Å². The van der Waals surface area contributed by atoms with Crippen LogP contribution < -0.4 is 0 Å². The fourth-order valence-corrected chi connectivity index (χ4v) is 2.05. The van der Waals surface area contributed by atoms with Crippen molar-refractivity contribution in [3.8, 4) is 0 Å². The summed E-state index contributed by atoms with van der Waals surface area (Å²) in [7, 11) is 0. The summed E-state index contributed by atoms with van der Waals surface area (Å²) in [5.41, 5.74) is 0. The van der Waals surface area contributed by atoms with Crippen LogP contribution in [0.4, 0.5) is 0 Å². The Morgan fingerprint density at radius 1 is 1.36 bits per heavy atom. The van der Waals surface area contributed by atoms with E-state index in [0.29, 0.717) is 12.8 Å². The van der Waals surface area contributed by atoms with E-state index in [0.717, 1.165) is 38.5 Å². The van der Waals surface area contributed by atoms with Gasteiger partial charge in [-0.2, -0.15) is 0 Å². The number of carbonyl (C=O) groups excluding carboxylic acids is 2. The van der Waals surface area contributed by atoms with Crippen LogP contribution in [0, 0.1) is 5.92 Å². The van der Waals surface area contributed by atoms with Crippen molar-refractivity contribution in [3.05, 3.63) is 0 Å². The van der Waals surface area contributed by atoms with Crippen LogP contribution in [0.15, 0.2) is 0 Å². The van der Waals surface area contributed by atoms with Crippen LogP contribution in [0.25, 0.3) is 0 Å². The zero-order valence-electron chi connectivity index (χ0n) is 9.05. The third-order valence-corrected chi connectivity index (χ3v) is 2.97. The van der Waals surface area contributed by atoms with Gasteiger partial charge in [0.2, 0.25) is 0 Å². The summed E-state index contributed by atoms with van der Waals surface area (Å²) in [6.45, 7) is 2.12. The highest BCUT2D eigenvalue weighted by Crippen LogP contribution is 2.23. The molecule has 0 aromatic heterocycles. The van der Waals surface area contributed by atoms with E-state index in [1.807, 2.05) is 0 Å². The zero-order chi connectivity index (χ0) is 10.4. The third kappa shape index (κ3) is 3.24. The van der Waals surface area contributed by atoms with E-state index in [4.69, 9.17) is 0 Å². The summed E-state index contributed by atoms with van der Waals surface area (Å²) in [5, 5.41) is 0. The molecule has 0 aliphatic heterocycles. The minimum Gasteiger partial charge on any atom is -0.299 e. The second-order valence-corrected chi connectivity index (χ2v) is 4.19. The SMILES string of the molecule is CCCCCC(=O)[C@H]1CCCCC1=O. The van der Waals surface area contributed by atoms with E-state index in [2.05, 4.69) is 6.92 Å². The maximum absolute atomic E-state index is 11.7. The van der Waals surface area contributed by atoms with Crippen LogP contribution in [0.5, 0.6) is 0 Å². The number of rotatable bonds is 5. The summed E-state index contributed by atoms with van der Waals surface area (Å²) in [4.78, 5) is 23.1. The molecule has 2 heteroatoms. The van der Waals surface area contributed by atoms with Gasteiger partial charge in [-0.25, -0.2) is 0 Å². The van der Waals surface area contributed by atoms with E-state index in [-0.39, 0.29) is 17.5 Å². The fraction of sp³-hybridized carbons (Fsp3) is 0.833. The second kappa shape index (κ2) is 5.94. The van der Waals surface area contributed by atoms with Gasteiger partial charge in [0.05, 0.1) is 5.92 Å². The van der Waals surface area contributed by atoms with Crippen LogP contribution in [-0.4, -0.2) is 11.6 Å². The molecule has 0 N–H and O–H groups in total. The number of carbonyl (C=O) groups is 2. The van der Waals surface area contributed by atoms with Gasteiger partial charge in [-0.05, 0) is 19.3 Å². The first-order valence-corrected chi connectivity index (χ1v) is 5.81. The normalized spacial score (nSPS) is 22.4. The maximum atomic E-state index is 11.7. The smallest absolute Gasteiger partial charge is 0.143 e. The zero-order valence-corrected chi connectivity index (χ0v) is 9.05. The molecule has 0 unspecified atom stereocenters. The molecule has 1 atom stereocenters. The Balaban J connectivity index is 2.31. The van der Waals surface area contributed by atoms with Gasteiger partial charge in [0, 0.05) is 12.8 Å². The molecule has 0 spiro atoms. The van der Waals surface area contributed by atoms with Crippen LogP contribution in [0.3, 0.4) is 0 Å². The molecule has 0 saturated heterocycles. The van der Waals surface area contributed by atoms with E-state index < -0.39 is 0 Å². The van der Waals surface area contributed by atoms with Gasteiger partial charge >= 0.3 is 0 Å². The van der Waals surface area contributed by atoms with Crippen molar-refractivity contribution in [1.29, 1.82) is 0 Å². The largest absolute Gasteiger partial charge is 0.299 e. The van der Waals surface area contributed by atoms with E-state index in [1.165, 1.54) is 0 Å². The molecule has 1 rings (SSSR count). The average molecular weight is 196 g/mol. The molecule has 2 nitrogen and oxygen atoms in total. The Hall–Kier alpha value is -0.660. The predicted octanol–water partition coefficient (Wildman–Crippen LogP) is 2.90. The van der Waals surface area contributed by atoms with Crippen molar-refractivity contribution in [3.63, 3.8) is 0 Å². The summed E-state index contributed by atoms with van der Waals surface area (Å²) in [5.74, 6) is 0.154. The lowest BCUT2D eigenvalue weighted by molar-refractivity contribution is -0.134. The summed E-state index contributed by atoms with van der Waals surface area (Å²) in [6, 6.07) is 0. The minimum absolute atomic E-state index is 0.192. The number of Topliss-reactive ketones (excluding diaryl/α,β-unsaturated/α-hetero) is 2. The highest BCUT2D eigenvalue weighted by atomic mass is 16.1. The first-order chi connectivity index (χ1) is 6.75. The quantitative estimate of drug-likeness (QED) is 0.500. The van der Waals surface area contributed by atoms with Crippen molar-refractivity contribution < 1.29 is 9.59 Å². The van der Waals surface area contributed by atoms with Gasteiger partial charge in [0.25, 0.3) is 0 Å². The van der Waals surface area contributed by atoms with Crippen molar-refractivity contribution in [1.82, 2.24) is 0 Å². The molecule has 0 bridgehead atoms. The molecule has 14 heavy (non-hydrogen) atoms. The number of hydrogen-bond acceptors (Lipinski definition) is 2. The molecule has 1 fully saturated rings. The van der Waals surface area contributed by atoms with Gasteiger partial charge in [-0.1, -0.05) is 26.2 Å². The van der Waals surface area contributed by atoms with Gasteiger partial charge in [-0.3, -0.25) is 9.59 Å². The summed E-state index contributed by atoms with van der Waals surface area (Å²) < 4.78 is 0. The molecule has 80 valence electrons. The minimum atomic E-state index is -0.236. The van der Waals surface area contributed by atoms with Crippen molar-refractivity contribution >= 4 is 11.6 Å². The highest BCUT2D eigenvalue weighted by molar-refractivity contribution is 6.02. The molecule has 0 amide bonds. The fourth-order valence-electron chi connectivity index (χ4n) is 2.05. The molecular formula is C12H20O2. The van der Waals surface area contributed by atoms with E-state index in [9.17, 15) is 9.59 Å². The van der Waals surface area contributed by atoms with Crippen LogP contribution in [-0.2, 0) is 9.59 Å². The Bertz CT molecular complexity index is 208. The lowest BCUT2D eigenvalue weighted by Gasteiger charge is -2.18. The monoisotopic (exact) mass is 196 g/mol. The third-order valence-electron chi connectivity index (χ3n) is 2.97. The Morgan fingerprint density at radius 2 is 2.14 bits per heavy atom. The molecule has 0 aromatic carbocycles. The van der Waals surface area contributed by atoms with Gasteiger partial charge in [-0.15, -0.1) is 0 Å². The highest BCUT2D eigenvalue weighted by Gasteiger charge is 2.27. The molecule has 0 heterocycles. The number of unbranched alkanes of at least 4 members (excludes halogenated alkanes) is 2. The molecular weight excluding hydrogens is 176 g/mol. The Morgan fingerprint density at radius 3 is 2.79 bits per heavy atom. The van der Waals surface area contributed by atoms with Gasteiger partial charge in [0.15, 0.2) is 0 Å². The first-order valence-electron chi connectivity index (χ1n) is 5.81. The number of hydrogen-bond donors (Lipinski definition) is 0. The van der Waals surface area contributed by atoms with Crippen LogP contribution >= 0.6 is 0 Å². The molecule has 1 saturated carbocycles. The lowest BCUT2D eigenvalue weighted by atomic mass is 9.83. The molecule has 1 aliphatic carbocycles. The predicted molar refractivity (Wildman–Crippen MR) is 56.1 cm³/mol. The average Bonchev–Trinajstić information content (AvgIpc) is 2.18. The van der Waals surface area contributed by atoms with Crippen molar-refractivity contribution in [2.75, 3.05) is 0 Å². The topological polar surface area (TPSA) is 34.1 Å². The molecule has 0 aromatic rings. The molecule has 0 radical (unpaired) electrons. The van der Waals surface area contributed by atoms with Gasteiger partial charge in [0.1, 0.15) is 11.6 Å². The van der Waals surface area contributed by atoms with E-state index >= 15 is 0 Å². The van der Waals surface area contributed by atoms with E-state index in [1.54, 1.807) is 0 Å². The van der Waals surface area contributed by atoms with Crippen molar-refractivity contribution in [2.45, 2.75) is 58.3 Å². The first kappa shape index (κ1) is 11.4. The maximum Gasteiger partial charge on any atom is 0.143 e. The summed E-state index contributed by atoms with van der Waals surface area (Å²) in [6.07, 6.45) is 7.28. The van der Waals surface area contributed by atoms with Crippen LogP contribution in [0.1, 0.15) is 58.3 Å². The second-order valence-electron chi connectivity index (χ2n) is 4.19. The van der Waals surface area contributed by atoms with Gasteiger partial charge < -0.3 is 0 Å². The Kier molecular flexibility index (Phi) is 4.85. The number of ketones is 2. The standard InChI is InChI=1S/C12H20O2/c1-2-3-4-8-11(13)10-7-5-6-9-12(10)14/h10H,2-9H2,1H3/t10-/m1/s1. The van der Waals surface area contributed by atoms with Crippen molar-refractivity contribution in [2.24, 2.45) is 5.92 Å². The lowest BCUT2D eigenvalue weighted by Crippen LogP contribution is -2.26.